The van der Waals surface area contributed by atoms with Crippen molar-refractivity contribution >= 4 is 0 Å². The van der Waals surface area contributed by atoms with E-state index in [-0.39, 0.29) is 19.8 Å². The third kappa shape index (κ3) is 8.40. The van der Waals surface area contributed by atoms with Gasteiger partial charge in [-0.1, -0.05) is 0 Å². The van der Waals surface area contributed by atoms with Crippen LogP contribution in [-0.4, -0.2) is 72.9 Å². The van der Waals surface area contributed by atoms with Crippen LogP contribution in [0.5, 0.6) is 0 Å². The topological polar surface area (TPSA) is 73.2 Å². The highest BCUT2D eigenvalue weighted by molar-refractivity contribution is 4.55. The minimum atomic E-state index is 0.0526. The molecule has 0 aliphatic carbocycles. The van der Waals surface area contributed by atoms with E-state index in [1.807, 2.05) is 4.90 Å². The molecular formula is C9H21NO4. The molecule has 0 saturated carbocycles. The van der Waals surface area contributed by atoms with E-state index in [4.69, 9.17) is 20.1 Å². The maximum absolute atomic E-state index is 8.72. The molecule has 0 saturated heterocycles. The molecule has 3 N–H and O–H groups in total. The molecule has 0 spiro atoms. The van der Waals surface area contributed by atoms with Gasteiger partial charge in [-0.25, -0.2) is 0 Å². The van der Waals surface area contributed by atoms with Gasteiger partial charge in [0.1, 0.15) is 0 Å². The van der Waals surface area contributed by atoms with Crippen LogP contribution in [0.3, 0.4) is 0 Å². The fraction of sp³-hybridized carbons (Fsp3) is 1.00. The highest BCUT2D eigenvalue weighted by atomic mass is 16.5. The van der Waals surface area contributed by atoms with Crippen molar-refractivity contribution in [3.8, 4) is 0 Å². The highest BCUT2D eigenvalue weighted by Crippen LogP contribution is 1.91. The SMILES string of the molecule is OCCOCCCN(CCO)CCO. The van der Waals surface area contributed by atoms with Crippen LogP contribution in [0, 0.1) is 0 Å². The van der Waals surface area contributed by atoms with Gasteiger partial charge in [-0.15, -0.1) is 0 Å². The Morgan fingerprint density at radius 1 is 0.786 bits per heavy atom. The minimum absolute atomic E-state index is 0.0526. The Balaban J connectivity index is 3.30. The van der Waals surface area contributed by atoms with Crippen molar-refractivity contribution in [2.24, 2.45) is 0 Å². The molecule has 0 unspecified atom stereocenters. The predicted molar refractivity (Wildman–Crippen MR) is 53.1 cm³/mol. The molecule has 5 nitrogen and oxygen atoms in total. The van der Waals surface area contributed by atoms with Crippen LogP contribution in [0.1, 0.15) is 6.42 Å². The first kappa shape index (κ1) is 13.8. The number of hydrogen-bond acceptors (Lipinski definition) is 5. The monoisotopic (exact) mass is 207 g/mol. The molecule has 0 aromatic carbocycles. The van der Waals surface area contributed by atoms with E-state index in [0.29, 0.717) is 26.3 Å². The summed E-state index contributed by atoms with van der Waals surface area (Å²) in [6, 6.07) is 0. The molecule has 0 aromatic rings. The molecule has 0 fully saturated rings. The van der Waals surface area contributed by atoms with Crippen LogP contribution in [0.2, 0.25) is 0 Å². The van der Waals surface area contributed by atoms with Crippen LogP contribution in [0.25, 0.3) is 0 Å². The Morgan fingerprint density at radius 2 is 1.43 bits per heavy atom. The smallest absolute Gasteiger partial charge is 0.0697 e. The number of aliphatic hydroxyl groups is 3. The third-order valence-corrected chi connectivity index (χ3v) is 1.83. The Hall–Kier alpha value is -0.200. The number of nitrogens with zero attached hydrogens (tertiary/aromatic N) is 1. The maximum Gasteiger partial charge on any atom is 0.0697 e. The molecule has 86 valence electrons. The molecule has 0 rings (SSSR count). The van der Waals surface area contributed by atoms with Crippen LogP contribution < -0.4 is 0 Å². The second-order valence-corrected chi connectivity index (χ2v) is 2.98. The van der Waals surface area contributed by atoms with Crippen molar-refractivity contribution in [2.75, 3.05) is 52.7 Å². The van der Waals surface area contributed by atoms with Gasteiger partial charge < -0.3 is 20.1 Å². The fourth-order valence-electron chi connectivity index (χ4n) is 1.18. The fourth-order valence-corrected chi connectivity index (χ4v) is 1.18. The quantitative estimate of drug-likeness (QED) is 0.387. The summed E-state index contributed by atoms with van der Waals surface area (Å²) < 4.78 is 5.09. The zero-order valence-electron chi connectivity index (χ0n) is 8.56. The zero-order chi connectivity index (χ0) is 10.6. The van der Waals surface area contributed by atoms with Crippen molar-refractivity contribution < 1.29 is 20.1 Å². The molecule has 14 heavy (non-hydrogen) atoms. The second kappa shape index (κ2) is 10.9. The van der Waals surface area contributed by atoms with E-state index in [0.717, 1.165) is 13.0 Å². The first-order valence-electron chi connectivity index (χ1n) is 4.97. The summed E-state index contributed by atoms with van der Waals surface area (Å²) in [6.45, 7) is 3.22. The molecule has 0 atom stereocenters. The zero-order valence-corrected chi connectivity index (χ0v) is 8.56. The Kier molecular flexibility index (Phi) is 10.7. The summed E-state index contributed by atoms with van der Waals surface area (Å²) >= 11 is 0. The summed E-state index contributed by atoms with van der Waals surface area (Å²) in [5.41, 5.74) is 0. The predicted octanol–water partition coefficient (Wildman–Crippen LogP) is -1.33. The highest BCUT2D eigenvalue weighted by Gasteiger charge is 2.02. The van der Waals surface area contributed by atoms with Crippen molar-refractivity contribution in [3.05, 3.63) is 0 Å². The van der Waals surface area contributed by atoms with Crippen molar-refractivity contribution in [1.29, 1.82) is 0 Å². The van der Waals surface area contributed by atoms with Crippen LogP contribution in [-0.2, 0) is 4.74 Å². The molecule has 0 aliphatic rings. The lowest BCUT2D eigenvalue weighted by atomic mass is 10.4. The normalized spacial score (nSPS) is 11.1. The van der Waals surface area contributed by atoms with Gasteiger partial charge in [0.05, 0.1) is 26.4 Å². The van der Waals surface area contributed by atoms with Gasteiger partial charge in [-0.2, -0.15) is 0 Å². The van der Waals surface area contributed by atoms with Crippen molar-refractivity contribution in [3.63, 3.8) is 0 Å². The average molecular weight is 207 g/mol. The lowest BCUT2D eigenvalue weighted by Gasteiger charge is -2.19. The number of ether oxygens (including phenoxy) is 1. The lowest BCUT2D eigenvalue weighted by molar-refractivity contribution is 0.0805. The molecule has 0 aromatic heterocycles. The molecular weight excluding hydrogens is 186 g/mol. The first-order chi connectivity index (χ1) is 6.85. The molecule has 0 heterocycles. The van der Waals surface area contributed by atoms with E-state index in [9.17, 15) is 0 Å². The van der Waals surface area contributed by atoms with Crippen molar-refractivity contribution in [2.45, 2.75) is 6.42 Å². The third-order valence-electron chi connectivity index (χ3n) is 1.83. The van der Waals surface area contributed by atoms with Gasteiger partial charge in [0.25, 0.3) is 0 Å². The van der Waals surface area contributed by atoms with Crippen LogP contribution in [0.15, 0.2) is 0 Å². The summed E-state index contributed by atoms with van der Waals surface area (Å²) in [5, 5.41) is 25.9. The molecule has 0 bridgehead atoms. The summed E-state index contributed by atoms with van der Waals surface area (Å²) in [6.07, 6.45) is 0.847. The van der Waals surface area contributed by atoms with Crippen LogP contribution >= 0.6 is 0 Å². The van der Waals surface area contributed by atoms with Gasteiger partial charge >= 0.3 is 0 Å². The average Bonchev–Trinajstić information content (AvgIpc) is 2.18. The van der Waals surface area contributed by atoms with Gasteiger partial charge in [0.15, 0.2) is 0 Å². The number of rotatable bonds is 10. The standard InChI is InChI=1S/C9H21NO4/c11-5-3-10(4-6-12)2-1-8-14-9-7-13/h11-13H,1-9H2. The van der Waals surface area contributed by atoms with Gasteiger partial charge in [-0.3, -0.25) is 4.90 Å². The van der Waals surface area contributed by atoms with Gasteiger partial charge in [0.2, 0.25) is 0 Å². The van der Waals surface area contributed by atoms with Gasteiger partial charge in [-0.05, 0) is 6.42 Å². The van der Waals surface area contributed by atoms with E-state index in [1.165, 1.54) is 0 Å². The van der Waals surface area contributed by atoms with E-state index in [2.05, 4.69) is 0 Å². The van der Waals surface area contributed by atoms with E-state index >= 15 is 0 Å². The molecule has 0 radical (unpaired) electrons. The molecule has 0 amide bonds. The number of aliphatic hydroxyl groups excluding tert-OH is 3. The van der Waals surface area contributed by atoms with E-state index in [1.54, 1.807) is 0 Å². The molecule has 5 heteroatoms. The lowest BCUT2D eigenvalue weighted by Crippen LogP contribution is -2.31. The van der Waals surface area contributed by atoms with E-state index < -0.39 is 0 Å². The van der Waals surface area contributed by atoms with Crippen molar-refractivity contribution in [1.82, 2.24) is 4.90 Å². The largest absolute Gasteiger partial charge is 0.395 e. The minimum Gasteiger partial charge on any atom is -0.395 e. The summed E-state index contributed by atoms with van der Waals surface area (Å²) in [5.74, 6) is 0. The number of hydrogen-bond donors (Lipinski definition) is 3. The maximum atomic E-state index is 8.72. The Bertz CT molecular complexity index is 107. The Morgan fingerprint density at radius 3 is 1.93 bits per heavy atom. The summed E-state index contributed by atoms with van der Waals surface area (Å²) in [4.78, 5) is 1.97. The van der Waals surface area contributed by atoms with Gasteiger partial charge in [0, 0.05) is 26.2 Å². The molecule has 0 aliphatic heterocycles. The van der Waals surface area contributed by atoms with Crippen LogP contribution in [0.4, 0.5) is 0 Å². The first-order valence-corrected chi connectivity index (χ1v) is 4.97. The second-order valence-electron chi connectivity index (χ2n) is 2.98. The summed E-state index contributed by atoms with van der Waals surface area (Å²) in [7, 11) is 0. The Labute approximate surface area is 84.9 Å².